The Bertz CT molecular complexity index is 441. The molecule has 0 spiro atoms. The third-order valence-electron chi connectivity index (χ3n) is 3.17. The molecular weight excluding hydrogens is 250 g/mol. The van der Waals surface area contributed by atoms with Crippen LogP contribution in [0.1, 0.15) is 37.8 Å². The molecule has 1 amide bonds. The Kier molecular flexibility index (Phi) is 4.47. The lowest BCUT2D eigenvalue weighted by Gasteiger charge is -2.16. The monoisotopic (exact) mass is 268 g/mol. The van der Waals surface area contributed by atoms with Gasteiger partial charge in [-0.15, -0.1) is 0 Å². The van der Waals surface area contributed by atoms with Gasteiger partial charge in [0.25, 0.3) is 0 Å². The summed E-state index contributed by atoms with van der Waals surface area (Å²) in [7, 11) is 0. The summed E-state index contributed by atoms with van der Waals surface area (Å²) in [5.41, 5.74) is -0.0917. The molecule has 0 aliphatic heterocycles. The molecule has 2 N–H and O–H groups in total. The van der Waals surface area contributed by atoms with Crippen molar-refractivity contribution < 1.29 is 13.6 Å². The molecular formula is C14H18F2N2O. The first-order valence-corrected chi connectivity index (χ1v) is 6.54. The summed E-state index contributed by atoms with van der Waals surface area (Å²) in [4.78, 5) is 11.7. The summed E-state index contributed by atoms with van der Waals surface area (Å²) in [5.74, 6) is -1.48. The van der Waals surface area contributed by atoms with Gasteiger partial charge in [-0.3, -0.25) is 4.79 Å². The topological polar surface area (TPSA) is 41.1 Å². The van der Waals surface area contributed by atoms with Crippen LogP contribution >= 0.6 is 0 Å². The summed E-state index contributed by atoms with van der Waals surface area (Å²) in [6, 6.07) is 3.57. The molecule has 1 unspecified atom stereocenters. The second-order valence-corrected chi connectivity index (χ2v) is 4.90. The molecule has 0 heterocycles. The molecule has 0 bridgehead atoms. The number of carbonyl (C=O) groups excluding carboxylic acids is 1. The van der Waals surface area contributed by atoms with Crippen molar-refractivity contribution in [1.29, 1.82) is 0 Å². The average Bonchev–Trinajstić information content (AvgIpc) is 3.12. The smallest absolute Gasteiger partial charge is 0.221 e. The molecule has 1 aliphatic carbocycles. The van der Waals surface area contributed by atoms with E-state index < -0.39 is 17.7 Å². The Hall–Kier alpha value is -1.49. The normalized spacial score (nSPS) is 16.2. The molecule has 3 nitrogen and oxygen atoms in total. The molecule has 19 heavy (non-hydrogen) atoms. The minimum atomic E-state index is -0.672. The van der Waals surface area contributed by atoms with E-state index in [1.165, 1.54) is 31.0 Å². The van der Waals surface area contributed by atoms with Crippen molar-refractivity contribution >= 4 is 5.91 Å². The zero-order valence-corrected chi connectivity index (χ0v) is 10.9. The van der Waals surface area contributed by atoms with E-state index in [9.17, 15) is 13.6 Å². The third-order valence-corrected chi connectivity index (χ3v) is 3.17. The Morgan fingerprint density at radius 2 is 2.00 bits per heavy atom. The standard InChI is InChI=1S/C14H18F2N2O/c1-9(14-11(15)3-2-4-12(14)16)18-13(19)7-8-17-10-5-6-10/h2-4,9-10,17H,5-8H2,1H3,(H,18,19). The average molecular weight is 268 g/mol. The quantitative estimate of drug-likeness (QED) is 0.831. The zero-order chi connectivity index (χ0) is 13.8. The van der Waals surface area contributed by atoms with Crippen molar-refractivity contribution in [1.82, 2.24) is 10.6 Å². The van der Waals surface area contributed by atoms with Gasteiger partial charge in [-0.1, -0.05) is 6.07 Å². The van der Waals surface area contributed by atoms with E-state index in [4.69, 9.17) is 0 Å². The Morgan fingerprint density at radius 1 is 1.37 bits per heavy atom. The van der Waals surface area contributed by atoms with E-state index in [0.29, 0.717) is 19.0 Å². The molecule has 0 aromatic heterocycles. The predicted octanol–water partition coefficient (Wildman–Crippen LogP) is 2.28. The van der Waals surface area contributed by atoms with Crippen LogP contribution < -0.4 is 10.6 Å². The molecule has 1 aromatic carbocycles. The van der Waals surface area contributed by atoms with Crippen LogP contribution in [0.3, 0.4) is 0 Å². The van der Waals surface area contributed by atoms with E-state index in [-0.39, 0.29) is 11.5 Å². The molecule has 1 aromatic rings. The van der Waals surface area contributed by atoms with Crippen molar-refractivity contribution in [2.75, 3.05) is 6.54 Å². The molecule has 2 rings (SSSR count). The number of hydrogen-bond acceptors (Lipinski definition) is 2. The van der Waals surface area contributed by atoms with Crippen molar-refractivity contribution in [3.63, 3.8) is 0 Å². The Labute approximate surface area is 111 Å². The minimum absolute atomic E-state index is 0.0917. The van der Waals surface area contributed by atoms with E-state index in [1.807, 2.05) is 0 Å². The van der Waals surface area contributed by atoms with Gasteiger partial charge in [0, 0.05) is 24.6 Å². The van der Waals surface area contributed by atoms with Crippen LogP contribution in [0.4, 0.5) is 8.78 Å². The summed E-state index contributed by atoms with van der Waals surface area (Å²) in [5, 5.41) is 5.83. The summed E-state index contributed by atoms with van der Waals surface area (Å²) in [6.45, 7) is 2.18. The third kappa shape index (κ3) is 3.99. The molecule has 104 valence electrons. The van der Waals surface area contributed by atoms with Gasteiger partial charge in [-0.05, 0) is 31.9 Å². The van der Waals surface area contributed by atoms with Crippen molar-refractivity contribution in [3.8, 4) is 0 Å². The fourth-order valence-corrected chi connectivity index (χ4v) is 1.99. The summed E-state index contributed by atoms with van der Waals surface area (Å²) < 4.78 is 27.0. The highest BCUT2D eigenvalue weighted by atomic mass is 19.1. The molecule has 1 aliphatic rings. The minimum Gasteiger partial charge on any atom is -0.349 e. The summed E-state index contributed by atoms with van der Waals surface area (Å²) >= 11 is 0. The SMILES string of the molecule is CC(NC(=O)CCNC1CC1)c1c(F)cccc1F. The lowest BCUT2D eigenvalue weighted by Crippen LogP contribution is -2.31. The van der Waals surface area contributed by atoms with Crippen molar-refractivity contribution in [3.05, 3.63) is 35.4 Å². The van der Waals surface area contributed by atoms with E-state index >= 15 is 0 Å². The van der Waals surface area contributed by atoms with Gasteiger partial charge < -0.3 is 10.6 Å². The van der Waals surface area contributed by atoms with Gasteiger partial charge in [-0.25, -0.2) is 8.78 Å². The maximum atomic E-state index is 13.5. The van der Waals surface area contributed by atoms with Crippen LogP contribution in [0, 0.1) is 11.6 Å². The number of nitrogens with one attached hydrogen (secondary N) is 2. The largest absolute Gasteiger partial charge is 0.349 e. The molecule has 1 fully saturated rings. The molecule has 0 saturated heterocycles. The fraction of sp³-hybridized carbons (Fsp3) is 0.500. The molecule has 0 radical (unpaired) electrons. The Balaban J connectivity index is 1.85. The van der Waals surface area contributed by atoms with Gasteiger partial charge in [0.2, 0.25) is 5.91 Å². The van der Waals surface area contributed by atoms with Gasteiger partial charge >= 0.3 is 0 Å². The van der Waals surface area contributed by atoms with E-state index in [2.05, 4.69) is 10.6 Å². The first-order valence-electron chi connectivity index (χ1n) is 6.54. The predicted molar refractivity (Wildman–Crippen MR) is 68.6 cm³/mol. The molecule has 1 saturated carbocycles. The van der Waals surface area contributed by atoms with E-state index in [1.54, 1.807) is 6.92 Å². The zero-order valence-electron chi connectivity index (χ0n) is 10.9. The fourth-order valence-electron chi connectivity index (χ4n) is 1.99. The Morgan fingerprint density at radius 3 is 2.58 bits per heavy atom. The highest BCUT2D eigenvalue weighted by Crippen LogP contribution is 2.20. The number of benzene rings is 1. The molecule has 5 heteroatoms. The number of hydrogen-bond donors (Lipinski definition) is 2. The van der Waals surface area contributed by atoms with Crippen molar-refractivity contribution in [2.24, 2.45) is 0 Å². The second kappa shape index (κ2) is 6.10. The van der Waals surface area contributed by atoms with Crippen LogP contribution in [0.2, 0.25) is 0 Å². The first-order chi connectivity index (χ1) is 9.08. The van der Waals surface area contributed by atoms with Gasteiger partial charge in [0.15, 0.2) is 0 Å². The van der Waals surface area contributed by atoms with Crippen LogP contribution in [0.15, 0.2) is 18.2 Å². The highest BCUT2D eigenvalue weighted by Gasteiger charge is 2.21. The van der Waals surface area contributed by atoms with Crippen molar-refractivity contribution in [2.45, 2.75) is 38.3 Å². The molecule has 1 atom stereocenters. The van der Waals surface area contributed by atoms with Crippen LogP contribution in [0.25, 0.3) is 0 Å². The lowest BCUT2D eigenvalue weighted by molar-refractivity contribution is -0.121. The second-order valence-electron chi connectivity index (χ2n) is 4.90. The first kappa shape index (κ1) is 13.9. The maximum absolute atomic E-state index is 13.5. The van der Waals surface area contributed by atoms with Crippen LogP contribution in [-0.2, 0) is 4.79 Å². The number of halogens is 2. The number of rotatable bonds is 6. The lowest BCUT2D eigenvalue weighted by atomic mass is 10.1. The number of amides is 1. The highest BCUT2D eigenvalue weighted by molar-refractivity contribution is 5.76. The maximum Gasteiger partial charge on any atom is 0.221 e. The summed E-state index contributed by atoms with van der Waals surface area (Å²) in [6.07, 6.45) is 2.65. The number of carbonyl (C=O) groups is 1. The van der Waals surface area contributed by atoms with Crippen LogP contribution in [0.5, 0.6) is 0 Å². The van der Waals surface area contributed by atoms with Gasteiger partial charge in [-0.2, -0.15) is 0 Å². The van der Waals surface area contributed by atoms with Crippen LogP contribution in [-0.4, -0.2) is 18.5 Å². The van der Waals surface area contributed by atoms with Gasteiger partial charge in [0.1, 0.15) is 11.6 Å². The van der Waals surface area contributed by atoms with Gasteiger partial charge in [0.05, 0.1) is 6.04 Å². The van der Waals surface area contributed by atoms with E-state index in [0.717, 1.165) is 0 Å².